The Kier molecular flexibility index (Phi) is 7.68. The van der Waals surface area contributed by atoms with Crippen LogP contribution in [0.1, 0.15) is 59.3 Å². The second-order valence-electron chi connectivity index (χ2n) is 7.57. The van der Waals surface area contributed by atoms with E-state index in [-0.39, 0.29) is 17.2 Å². The number of rotatable bonds is 9. The number of nitriles is 1. The Bertz CT molecular complexity index is 474. The van der Waals surface area contributed by atoms with Gasteiger partial charge in [-0.25, -0.2) is 0 Å². The zero-order chi connectivity index (χ0) is 18.2. The Morgan fingerprint density at radius 2 is 2.00 bits per heavy atom. The number of piperidine rings is 1. The van der Waals surface area contributed by atoms with Crippen molar-refractivity contribution in [1.29, 1.82) is 5.26 Å². The lowest BCUT2D eigenvalue weighted by molar-refractivity contribution is -0.120. The van der Waals surface area contributed by atoms with Gasteiger partial charge in [0.25, 0.3) is 0 Å². The number of nitrogens with two attached hydrogens (primary N) is 1. The van der Waals surface area contributed by atoms with E-state index < -0.39 is 5.54 Å². The summed E-state index contributed by atoms with van der Waals surface area (Å²) in [4.78, 5) is 25.5. The summed E-state index contributed by atoms with van der Waals surface area (Å²) >= 11 is 0. The third-order valence-corrected chi connectivity index (χ3v) is 4.63. The summed E-state index contributed by atoms with van der Waals surface area (Å²) in [6.45, 7) is 8.78. The highest BCUT2D eigenvalue weighted by Crippen LogP contribution is 2.27. The van der Waals surface area contributed by atoms with Crippen LogP contribution < -0.4 is 11.1 Å². The molecule has 2 amide bonds. The van der Waals surface area contributed by atoms with E-state index in [2.05, 4.69) is 23.2 Å². The van der Waals surface area contributed by atoms with Crippen molar-refractivity contribution in [2.45, 2.75) is 64.8 Å². The fourth-order valence-electron chi connectivity index (χ4n) is 3.18. The number of hydrogen-bond donors (Lipinski definition) is 2. The van der Waals surface area contributed by atoms with Crippen molar-refractivity contribution in [2.24, 2.45) is 11.1 Å². The van der Waals surface area contributed by atoms with Crippen LogP contribution in [-0.2, 0) is 9.59 Å². The van der Waals surface area contributed by atoms with Gasteiger partial charge in [0.05, 0.1) is 6.07 Å². The van der Waals surface area contributed by atoms with Gasteiger partial charge in [-0.05, 0) is 44.1 Å². The highest BCUT2D eigenvalue weighted by molar-refractivity contribution is 5.85. The minimum Gasteiger partial charge on any atom is -0.370 e. The number of carbonyl (C=O) groups excluding carboxylic acids is 2. The fraction of sp³-hybridized carbons (Fsp3) is 0.778. The Hall–Kier alpha value is -1.61. The summed E-state index contributed by atoms with van der Waals surface area (Å²) < 4.78 is 0. The van der Waals surface area contributed by atoms with Gasteiger partial charge in [-0.2, -0.15) is 5.26 Å². The average Bonchev–Trinajstić information content (AvgIpc) is 2.48. The van der Waals surface area contributed by atoms with Gasteiger partial charge in [0.1, 0.15) is 5.54 Å². The molecule has 24 heavy (non-hydrogen) atoms. The number of nitrogens with zero attached hydrogens (tertiary/aromatic N) is 2. The largest absolute Gasteiger partial charge is 0.370 e. The number of hydrogen-bond acceptors (Lipinski definition) is 4. The van der Waals surface area contributed by atoms with Crippen LogP contribution >= 0.6 is 0 Å². The van der Waals surface area contributed by atoms with E-state index in [1.807, 2.05) is 13.8 Å². The van der Waals surface area contributed by atoms with Crippen LogP contribution in [-0.4, -0.2) is 41.9 Å². The molecule has 3 N–H and O–H groups in total. The molecule has 1 fully saturated rings. The summed E-state index contributed by atoms with van der Waals surface area (Å²) in [5.74, 6) is -0.526. The molecule has 135 valence electrons. The van der Waals surface area contributed by atoms with Crippen LogP contribution in [0.4, 0.5) is 0 Å². The van der Waals surface area contributed by atoms with Crippen LogP contribution in [0.15, 0.2) is 0 Å². The molecule has 0 unspecified atom stereocenters. The average molecular weight is 335 g/mol. The molecule has 0 saturated carbocycles. The maximum Gasteiger partial charge on any atom is 0.225 e. The molecule has 1 aliphatic heterocycles. The fourth-order valence-corrected chi connectivity index (χ4v) is 3.18. The molecule has 0 atom stereocenters. The molecule has 1 rings (SSSR count). The van der Waals surface area contributed by atoms with Gasteiger partial charge in [0.15, 0.2) is 0 Å². The maximum absolute atomic E-state index is 12.2. The minimum absolute atomic E-state index is 0.199. The molecule has 0 aliphatic carbocycles. The van der Waals surface area contributed by atoms with E-state index in [0.717, 1.165) is 26.1 Å². The lowest BCUT2D eigenvalue weighted by atomic mass is 9.83. The van der Waals surface area contributed by atoms with Crippen molar-refractivity contribution >= 4 is 11.8 Å². The highest BCUT2D eigenvalue weighted by atomic mass is 16.2. The van der Waals surface area contributed by atoms with Crippen LogP contribution in [0.3, 0.4) is 0 Å². The summed E-state index contributed by atoms with van der Waals surface area (Å²) in [6, 6.07) is 2.30. The Morgan fingerprint density at radius 1 is 1.38 bits per heavy atom. The molecule has 0 aromatic carbocycles. The van der Waals surface area contributed by atoms with Crippen LogP contribution in [0.5, 0.6) is 0 Å². The Morgan fingerprint density at radius 3 is 2.50 bits per heavy atom. The normalized spacial score (nSPS) is 17.9. The standard InChI is InChI=1S/C18H31N4O2/c1-4-10-22-11-8-18(14-19,9-12-22)21-16(24)6-5-7-17(2,3)13-15(20)23/h6H,4-5,7-13H2,1-3H3,(H2,20,23)(H,21,24). The molecular formula is C18H31N4O2. The predicted molar refractivity (Wildman–Crippen MR) is 93.6 cm³/mol. The van der Waals surface area contributed by atoms with Crippen molar-refractivity contribution < 1.29 is 9.59 Å². The molecule has 1 radical (unpaired) electrons. The van der Waals surface area contributed by atoms with Crippen LogP contribution in [0.25, 0.3) is 0 Å². The third kappa shape index (κ3) is 6.88. The van der Waals surface area contributed by atoms with Crippen molar-refractivity contribution in [2.75, 3.05) is 19.6 Å². The van der Waals surface area contributed by atoms with E-state index in [9.17, 15) is 14.9 Å². The van der Waals surface area contributed by atoms with Crippen molar-refractivity contribution in [3.63, 3.8) is 0 Å². The lowest BCUT2D eigenvalue weighted by Gasteiger charge is -2.37. The molecule has 0 aromatic rings. The second kappa shape index (κ2) is 9.03. The van der Waals surface area contributed by atoms with E-state index in [1.165, 1.54) is 0 Å². The smallest absolute Gasteiger partial charge is 0.225 e. The van der Waals surface area contributed by atoms with Gasteiger partial charge < -0.3 is 16.0 Å². The molecular weight excluding hydrogens is 304 g/mol. The zero-order valence-electron chi connectivity index (χ0n) is 15.2. The first kappa shape index (κ1) is 20.4. The first-order valence-electron chi connectivity index (χ1n) is 8.79. The Labute approximate surface area is 145 Å². The monoisotopic (exact) mass is 335 g/mol. The molecule has 0 aromatic heterocycles. The number of primary amides is 1. The van der Waals surface area contributed by atoms with E-state index in [4.69, 9.17) is 5.73 Å². The number of amides is 2. The van der Waals surface area contributed by atoms with Crippen LogP contribution in [0.2, 0.25) is 0 Å². The third-order valence-electron chi connectivity index (χ3n) is 4.63. The van der Waals surface area contributed by atoms with Gasteiger partial charge in [-0.1, -0.05) is 20.8 Å². The van der Waals surface area contributed by atoms with E-state index >= 15 is 0 Å². The molecule has 1 heterocycles. The van der Waals surface area contributed by atoms with Crippen LogP contribution in [0, 0.1) is 23.2 Å². The molecule has 6 nitrogen and oxygen atoms in total. The van der Waals surface area contributed by atoms with Crippen molar-refractivity contribution in [3.05, 3.63) is 6.42 Å². The zero-order valence-corrected chi connectivity index (χ0v) is 15.2. The topological polar surface area (TPSA) is 99.2 Å². The first-order valence-corrected chi connectivity index (χ1v) is 8.79. The van der Waals surface area contributed by atoms with Gasteiger partial charge in [-0.15, -0.1) is 0 Å². The van der Waals surface area contributed by atoms with Crippen molar-refractivity contribution in [1.82, 2.24) is 10.2 Å². The van der Waals surface area contributed by atoms with Gasteiger partial charge in [0.2, 0.25) is 11.8 Å². The van der Waals surface area contributed by atoms with Crippen molar-refractivity contribution in [3.8, 4) is 6.07 Å². The SMILES string of the molecule is CCCN1CCC(C#N)(NC(=O)[CH]CCC(C)(C)CC(N)=O)CC1. The second-order valence-corrected chi connectivity index (χ2v) is 7.57. The first-order chi connectivity index (χ1) is 11.2. The quantitative estimate of drug-likeness (QED) is 0.670. The van der Waals surface area contributed by atoms with E-state index in [1.54, 1.807) is 6.42 Å². The predicted octanol–water partition coefficient (Wildman–Crippen LogP) is 1.76. The van der Waals surface area contributed by atoms with Gasteiger partial charge in [-0.3, -0.25) is 9.59 Å². The molecule has 1 aliphatic rings. The summed E-state index contributed by atoms with van der Waals surface area (Å²) in [5.41, 5.74) is 4.26. The van der Waals surface area contributed by atoms with Gasteiger partial charge in [0, 0.05) is 25.9 Å². The molecule has 6 heteroatoms. The summed E-state index contributed by atoms with van der Waals surface area (Å²) in [7, 11) is 0. The molecule has 1 saturated heterocycles. The Balaban J connectivity index is 2.41. The van der Waals surface area contributed by atoms with Gasteiger partial charge >= 0.3 is 0 Å². The highest BCUT2D eigenvalue weighted by Gasteiger charge is 2.35. The molecule has 0 spiro atoms. The van der Waals surface area contributed by atoms with E-state index in [0.29, 0.717) is 32.1 Å². The number of likely N-dealkylation sites (tertiary alicyclic amines) is 1. The molecule has 0 bridgehead atoms. The summed E-state index contributed by atoms with van der Waals surface area (Å²) in [6.07, 6.45) is 5.58. The minimum atomic E-state index is -0.749. The number of nitrogens with one attached hydrogen (secondary N) is 1. The lowest BCUT2D eigenvalue weighted by Crippen LogP contribution is -2.54. The number of carbonyl (C=O) groups is 2. The summed E-state index contributed by atoms with van der Waals surface area (Å²) in [5, 5.41) is 12.4. The maximum atomic E-state index is 12.2.